The average Bonchev–Trinajstić information content (AvgIpc) is 2.19. The van der Waals surface area contributed by atoms with E-state index in [2.05, 4.69) is 0 Å². The van der Waals surface area contributed by atoms with E-state index in [1.54, 1.807) is 24.3 Å². The Morgan fingerprint density at radius 2 is 1.86 bits per heavy atom. The first-order chi connectivity index (χ1) is 6.63. The molecule has 1 aromatic carbocycles. The lowest BCUT2D eigenvalue weighted by Crippen LogP contribution is -2.14. The summed E-state index contributed by atoms with van der Waals surface area (Å²) >= 11 is 0. The molecule has 0 fully saturated rings. The van der Waals surface area contributed by atoms with Crippen molar-refractivity contribution in [2.24, 2.45) is 0 Å². The summed E-state index contributed by atoms with van der Waals surface area (Å²) in [6, 6.07) is 6.70. The van der Waals surface area contributed by atoms with Gasteiger partial charge in [0, 0.05) is 6.42 Å². The Morgan fingerprint density at radius 3 is 2.29 bits per heavy atom. The van der Waals surface area contributed by atoms with Crippen molar-refractivity contribution >= 4 is 11.8 Å². The van der Waals surface area contributed by atoms with E-state index in [-0.39, 0.29) is 6.42 Å². The lowest BCUT2D eigenvalue weighted by molar-refractivity contribution is -0.148. The van der Waals surface area contributed by atoms with Gasteiger partial charge in [-0.2, -0.15) is 0 Å². The number of ketones is 1. The van der Waals surface area contributed by atoms with Crippen LogP contribution in [0.5, 0.6) is 5.75 Å². The fourth-order valence-electron chi connectivity index (χ4n) is 1.00. The van der Waals surface area contributed by atoms with Crippen LogP contribution in [0.25, 0.3) is 0 Å². The maximum atomic E-state index is 10.8. The van der Waals surface area contributed by atoms with Gasteiger partial charge in [-0.15, -0.1) is 0 Å². The van der Waals surface area contributed by atoms with Crippen molar-refractivity contribution in [3.05, 3.63) is 29.8 Å². The molecule has 4 heteroatoms. The van der Waals surface area contributed by atoms with E-state index in [0.29, 0.717) is 11.3 Å². The highest BCUT2D eigenvalue weighted by Gasteiger charge is 2.11. The van der Waals surface area contributed by atoms with Crippen LogP contribution in [-0.4, -0.2) is 24.0 Å². The number of Topliss-reactive ketones (excluding diaryl/α,β-unsaturated/α-hetero) is 1. The van der Waals surface area contributed by atoms with Gasteiger partial charge in [-0.3, -0.25) is 4.79 Å². The fraction of sp³-hybridized carbons (Fsp3) is 0.200. The zero-order valence-corrected chi connectivity index (χ0v) is 7.69. The van der Waals surface area contributed by atoms with Gasteiger partial charge in [0.15, 0.2) is 0 Å². The molecule has 14 heavy (non-hydrogen) atoms. The van der Waals surface area contributed by atoms with Gasteiger partial charge >= 0.3 is 5.97 Å². The number of hydrogen-bond acceptors (Lipinski definition) is 3. The number of rotatable bonds is 4. The third kappa shape index (κ3) is 2.58. The molecule has 0 unspecified atom stereocenters. The molecule has 1 aromatic rings. The highest BCUT2D eigenvalue weighted by Crippen LogP contribution is 2.11. The number of carbonyl (C=O) groups is 2. The first-order valence-corrected chi connectivity index (χ1v) is 4.02. The number of carboxylic acid groups (broad SMARTS) is 1. The molecule has 0 heterocycles. The Morgan fingerprint density at radius 1 is 1.29 bits per heavy atom. The number of carbonyl (C=O) groups excluding carboxylic acids is 1. The van der Waals surface area contributed by atoms with Gasteiger partial charge < -0.3 is 9.84 Å². The normalized spacial score (nSPS) is 9.50. The number of aliphatic carboxylic acids is 1. The van der Waals surface area contributed by atoms with Crippen molar-refractivity contribution in [3.63, 3.8) is 0 Å². The third-order valence-corrected chi connectivity index (χ3v) is 1.76. The molecule has 0 amide bonds. The molecular weight excluding hydrogens is 184 g/mol. The van der Waals surface area contributed by atoms with Gasteiger partial charge in [0.1, 0.15) is 5.75 Å². The van der Waals surface area contributed by atoms with Crippen molar-refractivity contribution in [1.29, 1.82) is 0 Å². The van der Waals surface area contributed by atoms with E-state index in [9.17, 15) is 9.59 Å². The van der Waals surface area contributed by atoms with Crippen LogP contribution in [-0.2, 0) is 16.0 Å². The van der Waals surface area contributed by atoms with E-state index in [1.807, 2.05) is 0 Å². The fourth-order valence-corrected chi connectivity index (χ4v) is 1.00. The smallest absolute Gasteiger partial charge is 0.372 e. The largest absolute Gasteiger partial charge is 0.497 e. The van der Waals surface area contributed by atoms with Crippen LogP contribution in [0, 0.1) is 0 Å². The van der Waals surface area contributed by atoms with Crippen molar-refractivity contribution < 1.29 is 19.4 Å². The van der Waals surface area contributed by atoms with Gasteiger partial charge in [0.05, 0.1) is 7.11 Å². The van der Waals surface area contributed by atoms with Crippen LogP contribution >= 0.6 is 0 Å². The van der Waals surface area contributed by atoms with Crippen molar-refractivity contribution in [1.82, 2.24) is 0 Å². The maximum absolute atomic E-state index is 10.8. The minimum Gasteiger partial charge on any atom is -0.497 e. The number of hydrogen-bond donors (Lipinski definition) is 1. The Kier molecular flexibility index (Phi) is 3.23. The lowest BCUT2D eigenvalue weighted by atomic mass is 10.1. The van der Waals surface area contributed by atoms with Crippen molar-refractivity contribution in [3.8, 4) is 5.75 Å². The molecule has 1 rings (SSSR count). The molecule has 0 saturated carbocycles. The second-order valence-corrected chi connectivity index (χ2v) is 2.75. The summed E-state index contributed by atoms with van der Waals surface area (Å²) in [4.78, 5) is 21.1. The Balaban J connectivity index is 2.69. The zero-order valence-electron chi connectivity index (χ0n) is 7.69. The van der Waals surface area contributed by atoms with Crippen molar-refractivity contribution in [2.75, 3.05) is 7.11 Å². The summed E-state index contributed by atoms with van der Waals surface area (Å²) in [6.45, 7) is 0. The van der Waals surface area contributed by atoms with Crippen LogP contribution in [0.15, 0.2) is 24.3 Å². The molecule has 0 bridgehead atoms. The minimum atomic E-state index is -1.40. The predicted molar refractivity (Wildman–Crippen MR) is 49.3 cm³/mol. The summed E-state index contributed by atoms with van der Waals surface area (Å²) in [7, 11) is 1.54. The quantitative estimate of drug-likeness (QED) is 0.723. The van der Waals surface area contributed by atoms with Gasteiger partial charge in [-0.05, 0) is 17.7 Å². The van der Waals surface area contributed by atoms with E-state index < -0.39 is 11.8 Å². The molecule has 1 N–H and O–H groups in total. The molecule has 0 atom stereocenters. The van der Waals surface area contributed by atoms with Gasteiger partial charge in [0.2, 0.25) is 5.78 Å². The summed E-state index contributed by atoms with van der Waals surface area (Å²) in [6.07, 6.45) is -0.0840. The molecule has 0 aliphatic carbocycles. The van der Waals surface area contributed by atoms with E-state index in [0.717, 1.165) is 0 Å². The number of carboxylic acids is 1. The van der Waals surface area contributed by atoms with Crippen LogP contribution in [0.1, 0.15) is 5.56 Å². The summed E-state index contributed by atoms with van der Waals surface area (Å²) in [5, 5.41) is 8.37. The lowest BCUT2D eigenvalue weighted by Gasteiger charge is -2.00. The predicted octanol–water partition coefficient (Wildman–Crippen LogP) is 0.891. The minimum absolute atomic E-state index is 0.0840. The zero-order chi connectivity index (χ0) is 10.6. The number of ether oxygens (including phenoxy) is 1. The van der Waals surface area contributed by atoms with Crippen LogP contribution in [0.2, 0.25) is 0 Å². The third-order valence-electron chi connectivity index (χ3n) is 1.76. The first-order valence-electron chi connectivity index (χ1n) is 4.02. The van der Waals surface area contributed by atoms with Gasteiger partial charge in [-0.25, -0.2) is 4.79 Å². The van der Waals surface area contributed by atoms with E-state index in [4.69, 9.17) is 9.84 Å². The maximum Gasteiger partial charge on any atom is 0.372 e. The molecular formula is C10H10O4. The summed E-state index contributed by atoms with van der Waals surface area (Å²) < 4.78 is 4.92. The van der Waals surface area contributed by atoms with E-state index >= 15 is 0 Å². The first kappa shape index (κ1) is 10.2. The average molecular weight is 194 g/mol. The van der Waals surface area contributed by atoms with Crippen molar-refractivity contribution in [2.45, 2.75) is 6.42 Å². The van der Waals surface area contributed by atoms with Crippen LogP contribution < -0.4 is 4.74 Å². The molecule has 4 nitrogen and oxygen atoms in total. The standard InChI is InChI=1S/C10H10O4/c1-14-8-4-2-7(3-5-8)6-9(11)10(12)13/h2-5H,6H2,1H3,(H,12,13). The Bertz CT molecular complexity index is 340. The SMILES string of the molecule is COc1ccc(CC(=O)C(=O)O)cc1. The molecule has 0 aliphatic heterocycles. The molecule has 0 radical (unpaired) electrons. The summed E-state index contributed by atoms with van der Waals surface area (Å²) in [5.74, 6) is -1.53. The monoisotopic (exact) mass is 194 g/mol. The number of benzene rings is 1. The highest BCUT2D eigenvalue weighted by molar-refractivity contribution is 6.33. The highest BCUT2D eigenvalue weighted by atomic mass is 16.5. The molecule has 0 saturated heterocycles. The van der Waals surface area contributed by atoms with Gasteiger partial charge in [-0.1, -0.05) is 12.1 Å². The molecule has 74 valence electrons. The van der Waals surface area contributed by atoms with E-state index in [1.165, 1.54) is 7.11 Å². The van der Waals surface area contributed by atoms with Crippen LogP contribution in [0.4, 0.5) is 0 Å². The second kappa shape index (κ2) is 4.41. The Hall–Kier alpha value is -1.84. The second-order valence-electron chi connectivity index (χ2n) is 2.75. The van der Waals surface area contributed by atoms with Crippen LogP contribution in [0.3, 0.4) is 0 Å². The summed E-state index contributed by atoms with van der Waals surface area (Å²) in [5.41, 5.74) is 0.665. The van der Waals surface area contributed by atoms with Gasteiger partial charge in [0.25, 0.3) is 0 Å². The molecule has 0 aliphatic rings. The molecule has 0 spiro atoms. The number of methoxy groups -OCH3 is 1. The molecule has 0 aromatic heterocycles. The topological polar surface area (TPSA) is 63.6 Å². The Labute approximate surface area is 81.1 Å².